The molecule has 0 radical (unpaired) electrons. The van der Waals surface area contributed by atoms with E-state index in [2.05, 4.69) is 29.3 Å². The van der Waals surface area contributed by atoms with E-state index >= 15 is 0 Å². The number of benzene rings is 1. The molecule has 0 bridgehead atoms. The van der Waals surface area contributed by atoms with Crippen molar-refractivity contribution in [3.8, 4) is 11.8 Å². The van der Waals surface area contributed by atoms with Gasteiger partial charge in [-0.1, -0.05) is 42.2 Å². The van der Waals surface area contributed by atoms with E-state index in [1.54, 1.807) is 0 Å². The van der Waals surface area contributed by atoms with E-state index in [1.807, 2.05) is 37.2 Å². The average molecular weight is 258 g/mol. The van der Waals surface area contributed by atoms with Gasteiger partial charge >= 0.3 is 0 Å². The molecule has 1 aromatic rings. The predicted molar refractivity (Wildman–Crippen MR) is 78.7 cm³/mol. The first-order valence-corrected chi connectivity index (χ1v) is 6.59. The van der Waals surface area contributed by atoms with Crippen LogP contribution in [0.5, 0.6) is 0 Å². The second-order valence-corrected chi connectivity index (χ2v) is 4.71. The fourth-order valence-corrected chi connectivity index (χ4v) is 1.61. The Hall–Kier alpha value is -1.79. The number of carbonyl (C=O) groups excluding carboxylic acids is 1. The molecule has 1 N–H and O–H groups in total. The van der Waals surface area contributed by atoms with Crippen LogP contribution in [0.2, 0.25) is 0 Å². The van der Waals surface area contributed by atoms with Gasteiger partial charge in [0.05, 0.1) is 13.1 Å². The molecular formula is C16H22N2O. The van der Waals surface area contributed by atoms with Crippen molar-refractivity contribution >= 4 is 5.91 Å². The molecule has 1 amide bonds. The lowest BCUT2D eigenvalue weighted by Crippen LogP contribution is -2.23. The Labute approximate surface area is 116 Å². The van der Waals surface area contributed by atoms with Crippen LogP contribution in [0.1, 0.15) is 18.4 Å². The summed E-state index contributed by atoms with van der Waals surface area (Å²) in [4.78, 5) is 13.5. The van der Waals surface area contributed by atoms with E-state index in [-0.39, 0.29) is 5.91 Å². The molecule has 19 heavy (non-hydrogen) atoms. The number of rotatable bonds is 6. The molecule has 0 unspecified atom stereocenters. The zero-order valence-corrected chi connectivity index (χ0v) is 11.8. The summed E-state index contributed by atoms with van der Waals surface area (Å²) < 4.78 is 0. The third-order valence-corrected chi connectivity index (χ3v) is 2.61. The van der Waals surface area contributed by atoms with Crippen LogP contribution in [-0.4, -0.2) is 38.0 Å². The molecule has 0 aliphatic rings. The fourth-order valence-electron chi connectivity index (χ4n) is 1.61. The minimum atomic E-state index is 0.0788. The minimum absolute atomic E-state index is 0.0788. The van der Waals surface area contributed by atoms with Crippen molar-refractivity contribution in [3.05, 3.63) is 35.9 Å². The third-order valence-electron chi connectivity index (χ3n) is 2.61. The molecule has 0 aliphatic heterocycles. The van der Waals surface area contributed by atoms with Crippen molar-refractivity contribution in [2.75, 3.05) is 27.2 Å². The average Bonchev–Trinajstić information content (AvgIpc) is 2.39. The van der Waals surface area contributed by atoms with Gasteiger partial charge in [0.25, 0.3) is 0 Å². The van der Waals surface area contributed by atoms with E-state index in [1.165, 1.54) is 5.56 Å². The number of amides is 1. The highest BCUT2D eigenvalue weighted by molar-refractivity contribution is 5.76. The van der Waals surface area contributed by atoms with E-state index in [0.29, 0.717) is 13.0 Å². The lowest BCUT2D eigenvalue weighted by atomic mass is 10.1. The first-order chi connectivity index (χ1) is 9.18. The largest absolute Gasteiger partial charge is 0.345 e. The number of nitrogens with zero attached hydrogens (tertiary/aromatic N) is 1. The molecular weight excluding hydrogens is 236 g/mol. The molecule has 0 aromatic heterocycles. The van der Waals surface area contributed by atoms with Gasteiger partial charge in [-0.3, -0.25) is 9.69 Å². The summed E-state index contributed by atoms with van der Waals surface area (Å²) in [5.74, 6) is 5.99. The second-order valence-electron chi connectivity index (χ2n) is 4.71. The summed E-state index contributed by atoms with van der Waals surface area (Å²) in [7, 11) is 3.94. The lowest BCUT2D eigenvalue weighted by molar-refractivity contribution is -0.120. The number of aryl methyl sites for hydroxylation is 1. The van der Waals surface area contributed by atoms with Crippen LogP contribution >= 0.6 is 0 Å². The minimum Gasteiger partial charge on any atom is -0.345 e. The van der Waals surface area contributed by atoms with Gasteiger partial charge in [0.1, 0.15) is 0 Å². The van der Waals surface area contributed by atoms with Crippen LogP contribution in [0, 0.1) is 11.8 Å². The molecule has 0 aliphatic carbocycles. The summed E-state index contributed by atoms with van der Waals surface area (Å²) in [5, 5.41) is 2.81. The van der Waals surface area contributed by atoms with E-state index in [9.17, 15) is 4.79 Å². The number of hydrogen-bond donors (Lipinski definition) is 1. The standard InChI is InChI=1S/C16H22N2O/c1-18(2)14-7-6-13-17-16(19)12-8-11-15-9-4-3-5-10-15/h3-5,9-10H,8,11-14H2,1-2H3,(H,17,19). The molecule has 0 heterocycles. The Bertz CT molecular complexity index is 429. The Morgan fingerprint density at radius 3 is 2.63 bits per heavy atom. The molecule has 1 aromatic carbocycles. The maximum Gasteiger partial charge on any atom is 0.220 e. The first-order valence-electron chi connectivity index (χ1n) is 6.59. The van der Waals surface area contributed by atoms with Crippen molar-refractivity contribution in [2.24, 2.45) is 0 Å². The molecule has 102 valence electrons. The molecule has 3 nitrogen and oxygen atoms in total. The normalized spacial score (nSPS) is 9.84. The number of carbonyl (C=O) groups is 1. The topological polar surface area (TPSA) is 32.3 Å². The number of nitrogens with one attached hydrogen (secondary N) is 1. The van der Waals surface area contributed by atoms with Crippen LogP contribution in [0.15, 0.2) is 30.3 Å². The summed E-state index contributed by atoms with van der Waals surface area (Å²) >= 11 is 0. The molecule has 1 rings (SSSR count). The molecule has 0 fully saturated rings. The number of hydrogen-bond acceptors (Lipinski definition) is 2. The van der Waals surface area contributed by atoms with Crippen molar-refractivity contribution in [1.82, 2.24) is 10.2 Å². The summed E-state index contributed by atoms with van der Waals surface area (Å²) in [6.07, 6.45) is 2.38. The van der Waals surface area contributed by atoms with E-state index in [4.69, 9.17) is 0 Å². The van der Waals surface area contributed by atoms with Crippen LogP contribution in [0.25, 0.3) is 0 Å². The predicted octanol–water partition coefficient (Wildman–Crippen LogP) is 1.69. The summed E-state index contributed by atoms with van der Waals surface area (Å²) in [5.41, 5.74) is 1.28. The van der Waals surface area contributed by atoms with Gasteiger partial charge in [-0.2, -0.15) is 0 Å². The van der Waals surface area contributed by atoms with Gasteiger partial charge in [-0.25, -0.2) is 0 Å². The quantitative estimate of drug-likeness (QED) is 0.788. The molecule has 3 heteroatoms. The molecule has 0 atom stereocenters. The first kappa shape index (κ1) is 15.3. The van der Waals surface area contributed by atoms with Crippen LogP contribution < -0.4 is 5.32 Å². The third kappa shape index (κ3) is 8.01. The molecule has 0 saturated carbocycles. The van der Waals surface area contributed by atoms with E-state index in [0.717, 1.165) is 19.4 Å². The fraction of sp³-hybridized carbons (Fsp3) is 0.438. The van der Waals surface area contributed by atoms with Crippen LogP contribution in [0.3, 0.4) is 0 Å². The monoisotopic (exact) mass is 258 g/mol. The van der Waals surface area contributed by atoms with Crippen molar-refractivity contribution < 1.29 is 4.79 Å². The Morgan fingerprint density at radius 1 is 1.21 bits per heavy atom. The second kappa shape index (κ2) is 9.18. The Balaban J connectivity index is 2.09. The zero-order valence-electron chi connectivity index (χ0n) is 11.8. The smallest absolute Gasteiger partial charge is 0.220 e. The highest BCUT2D eigenvalue weighted by Gasteiger charge is 1.99. The van der Waals surface area contributed by atoms with Crippen molar-refractivity contribution in [1.29, 1.82) is 0 Å². The molecule has 0 spiro atoms. The van der Waals surface area contributed by atoms with Crippen LogP contribution in [0.4, 0.5) is 0 Å². The van der Waals surface area contributed by atoms with Gasteiger partial charge in [0.15, 0.2) is 0 Å². The van der Waals surface area contributed by atoms with Gasteiger partial charge in [-0.15, -0.1) is 0 Å². The summed E-state index contributed by atoms with van der Waals surface area (Å²) in [6, 6.07) is 10.2. The maximum atomic E-state index is 11.5. The Kier molecular flexibility index (Phi) is 7.38. The SMILES string of the molecule is CN(C)CC#CCNC(=O)CCCc1ccccc1. The van der Waals surface area contributed by atoms with Gasteiger partial charge in [-0.05, 0) is 32.5 Å². The summed E-state index contributed by atoms with van der Waals surface area (Å²) in [6.45, 7) is 1.17. The van der Waals surface area contributed by atoms with Gasteiger partial charge in [0.2, 0.25) is 5.91 Å². The van der Waals surface area contributed by atoms with Crippen molar-refractivity contribution in [3.63, 3.8) is 0 Å². The van der Waals surface area contributed by atoms with Gasteiger partial charge < -0.3 is 5.32 Å². The van der Waals surface area contributed by atoms with E-state index < -0.39 is 0 Å². The Morgan fingerprint density at radius 2 is 1.95 bits per heavy atom. The highest BCUT2D eigenvalue weighted by Crippen LogP contribution is 2.04. The maximum absolute atomic E-state index is 11.5. The lowest BCUT2D eigenvalue weighted by Gasteiger charge is -2.03. The molecule has 0 saturated heterocycles. The van der Waals surface area contributed by atoms with Crippen molar-refractivity contribution in [2.45, 2.75) is 19.3 Å². The highest BCUT2D eigenvalue weighted by atomic mass is 16.1. The zero-order chi connectivity index (χ0) is 13.9. The van der Waals surface area contributed by atoms with Crippen LogP contribution in [-0.2, 0) is 11.2 Å². The van der Waals surface area contributed by atoms with Gasteiger partial charge in [0, 0.05) is 6.42 Å².